The fraction of sp³-hybridized carbons (Fsp3) is 0.0909. The first-order chi connectivity index (χ1) is 6.54. The lowest BCUT2D eigenvalue weighted by molar-refractivity contribution is 0.391. The Morgan fingerprint density at radius 1 is 1.00 bits per heavy atom. The van der Waals surface area contributed by atoms with Crippen molar-refractivity contribution >= 4 is 23.9 Å². The van der Waals surface area contributed by atoms with Crippen LogP contribution in [0, 0.1) is 0 Å². The molecule has 0 bridgehead atoms. The summed E-state index contributed by atoms with van der Waals surface area (Å²) >= 11 is 0. The molecule has 0 saturated heterocycles. The van der Waals surface area contributed by atoms with Crippen LogP contribution in [0.4, 0.5) is 0 Å². The lowest BCUT2D eigenvalue weighted by Gasteiger charge is -1.94. The summed E-state index contributed by atoms with van der Waals surface area (Å²) in [6, 6.07) is 3.54. The van der Waals surface area contributed by atoms with Gasteiger partial charge in [-0.15, -0.1) is 0 Å². The van der Waals surface area contributed by atoms with Crippen LogP contribution in [0.25, 0.3) is 23.9 Å². The predicted octanol–water partition coefficient (Wildman–Crippen LogP) is 0.410. The second kappa shape index (κ2) is 2.54. The van der Waals surface area contributed by atoms with Crippen LogP contribution >= 0.6 is 0 Å². The lowest BCUT2D eigenvalue weighted by atomic mass is 10.1. The molecule has 2 rings (SSSR count). The van der Waals surface area contributed by atoms with Crippen molar-refractivity contribution in [3.63, 3.8) is 0 Å². The molecule has 1 heterocycles. The van der Waals surface area contributed by atoms with Gasteiger partial charge in [-0.1, -0.05) is 25.3 Å². The Bertz CT molecular complexity index is 557. The highest BCUT2D eigenvalue weighted by Gasteiger charge is 2.13. The summed E-state index contributed by atoms with van der Waals surface area (Å²) in [4.78, 5) is 0. The van der Waals surface area contributed by atoms with Crippen molar-refractivity contribution in [3.8, 4) is 11.8 Å². The minimum absolute atomic E-state index is 0.0213. The topological polar surface area (TPSA) is 45.4 Å². The normalized spacial score (nSPS) is 10.9. The number of benzene rings is 1. The number of aromatic nitrogens is 1. The van der Waals surface area contributed by atoms with E-state index in [1.54, 1.807) is 19.2 Å². The SMILES string of the molecule is C=c1ccc(=C)c2c(O)n(C)c(O)c12. The predicted molar refractivity (Wildman–Crippen MR) is 56.5 cm³/mol. The van der Waals surface area contributed by atoms with Crippen LogP contribution in [0.15, 0.2) is 12.1 Å². The van der Waals surface area contributed by atoms with Gasteiger partial charge in [0.1, 0.15) is 0 Å². The van der Waals surface area contributed by atoms with E-state index in [2.05, 4.69) is 13.2 Å². The van der Waals surface area contributed by atoms with Crippen LogP contribution in [-0.2, 0) is 7.05 Å². The number of hydrogen-bond donors (Lipinski definition) is 2. The highest BCUT2D eigenvalue weighted by molar-refractivity contribution is 5.93. The minimum atomic E-state index is 0.0213. The maximum Gasteiger partial charge on any atom is 0.202 e. The van der Waals surface area contributed by atoms with Crippen molar-refractivity contribution < 1.29 is 10.2 Å². The number of rotatable bonds is 0. The average molecular weight is 189 g/mol. The Balaban J connectivity index is 3.25. The molecular formula is C11H11NO2. The van der Waals surface area contributed by atoms with Gasteiger partial charge in [-0.05, 0) is 10.4 Å². The van der Waals surface area contributed by atoms with E-state index in [1.165, 1.54) is 4.57 Å². The van der Waals surface area contributed by atoms with E-state index in [4.69, 9.17) is 0 Å². The summed E-state index contributed by atoms with van der Waals surface area (Å²) in [5.41, 5.74) is 0. The van der Waals surface area contributed by atoms with Gasteiger partial charge in [-0.3, -0.25) is 4.57 Å². The molecule has 0 saturated carbocycles. The van der Waals surface area contributed by atoms with Crippen LogP contribution in [0.3, 0.4) is 0 Å². The second-order valence-corrected chi connectivity index (χ2v) is 3.34. The molecule has 0 atom stereocenters. The molecule has 2 N–H and O–H groups in total. The van der Waals surface area contributed by atoms with Gasteiger partial charge in [0, 0.05) is 7.05 Å². The van der Waals surface area contributed by atoms with Crippen LogP contribution < -0.4 is 10.4 Å². The lowest BCUT2D eigenvalue weighted by Crippen LogP contribution is -2.06. The fourth-order valence-corrected chi connectivity index (χ4v) is 1.64. The van der Waals surface area contributed by atoms with Crippen molar-refractivity contribution in [1.82, 2.24) is 4.57 Å². The van der Waals surface area contributed by atoms with Crippen LogP contribution in [0.1, 0.15) is 0 Å². The number of hydrogen-bond acceptors (Lipinski definition) is 2. The molecule has 1 aromatic heterocycles. The Hall–Kier alpha value is -1.90. The summed E-state index contributed by atoms with van der Waals surface area (Å²) in [7, 11) is 1.59. The Kier molecular flexibility index (Phi) is 1.58. The van der Waals surface area contributed by atoms with Crippen molar-refractivity contribution in [2.75, 3.05) is 0 Å². The van der Waals surface area contributed by atoms with Gasteiger partial charge in [-0.2, -0.15) is 0 Å². The first kappa shape index (κ1) is 8.69. The minimum Gasteiger partial charge on any atom is -0.494 e. The summed E-state index contributed by atoms with van der Waals surface area (Å²) in [5, 5.41) is 21.9. The first-order valence-electron chi connectivity index (χ1n) is 4.21. The third-order valence-electron chi connectivity index (χ3n) is 2.46. The average Bonchev–Trinajstić information content (AvgIpc) is 2.38. The fourth-order valence-electron chi connectivity index (χ4n) is 1.64. The van der Waals surface area contributed by atoms with Gasteiger partial charge in [0.05, 0.1) is 10.8 Å². The van der Waals surface area contributed by atoms with E-state index in [9.17, 15) is 10.2 Å². The molecule has 2 aromatic rings. The van der Waals surface area contributed by atoms with Gasteiger partial charge >= 0.3 is 0 Å². The molecule has 0 fully saturated rings. The van der Waals surface area contributed by atoms with Crippen molar-refractivity contribution in [2.45, 2.75) is 0 Å². The molecule has 0 radical (unpaired) electrons. The molecule has 72 valence electrons. The quantitative estimate of drug-likeness (QED) is 0.630. The molecule has 1 aromatic carbocycles. The summed E-state index contributed by atoms with van der Waals surface area (Å²) < 4.78 is 1.31. The summed E-state index contributed by atoms with van der Waals surface area (Å²) in [5.74, 6) is 0.0426. The third kappa shape index (κ3) is 0.865. The molecule has 0 aliphatic carbocycles. The van der Waals surface area contributed by atoms with Gasteiger partial charge in [-0.25, -0.2) is 0 Å². The summed E-state index contributed by atoms with van der Waals surface area (Å²) in [6.45, 7) is 7.59. The van der Waals surface area contributed by atoms with E-state index >= 15 is 0 Å². The third-order valence-corrected chi connectivity index (χ3v) is 2.46. The zero-order chi connectivity index (χ0) is 10.5. The Morgan fingerprint density at radius 2 is 1.36 bits per heavy atom. The van der Waals surface area contributed by atoms with E-state index in [1.807, 2.05) is 0 Å². The van der Waals surface area contributed by atoms with Crippen LogP contribution in [0.5, 0.6) is 11.8 Å². The standard InChI is InChI=1S/C11H11NO2/c1-6-4-5-7(2)9-8(6)10(13)12(3)11(9)14/h4-5,13-14H,1-2H2,3H3. The molecule has 14 heavy (non-hydrogen) atoms. The smallest absolute Gasteiger partial charge is 0.202 e. The highest BCUT2D eigenvalue weighted by Crippen LogP contribution is 2.29. The number of nitrogens with zero attached hydrogens (tertiary/aromatic N) is 1. The summed E-state index contributed by atoms with van der Waals surface area (Å²) in [6.07, 6.45) is 0. The zero-order valence-corrected chi connectivity index (χ0v) is 7.91. The van der Waals surface area contributed by atoms with Gasteiger partial charge in [0.15, 0.2) is 0 Å². The van der Waals surface area contributed by atoms with Gasteiger partial charge in [0.25, 0.3) is 0 Å². The van der Waals surface area contributed by atoms with Gasteiger partial charge in [0.2, 0.25) is 11.8 Å². The zero-order valence-electron chi connectivity index (χ0n) is 7.91. The van der Waals surface area contributed by atoms with E-state index in [0.717, 1.165) is 0 Å². The van der Waals surface area contributed by atoms with Crippen LogP contribution in [-0.4, -0.2) is 14.8 Å². The molecular weight excluding hydrogens is 178 g/mol. The van der Waals surface area contributed by atoms with Crippen LogP contribution in [0.2, 0.25) is 0 Å². The maximum absolute atomic E-state index is 9.72. The van der Waals surface area contributed by atoms with Crippen molar-refractivity contribution in [1.29, 1.82) is 0 Å². The number of aromatic hydroxyl groups is 2. The molecule has 0 unspecified atom stereocenters. The van der Waals surface area contributed by atoms with E-state index in [-0.39, 0.29) is 11.8 Å². The Morgan fingerprint density at radius 3 is 1.71 bits per heavy atom. The van der Waals surface area contributed by atoms with E-state index < -0.39 is 0 Å². The molecule has 3 heteroatoms. The van der Waals surface area contributed by atoms with Gasteiger partial charge < -0.3 is 10.2 Å². The van der Waals surface area contributed by atoms with Crippen molar-refractivity contribution in [2.24, 2.45) is 7.05 Å². The first-order valence-corrected chi connectivity index (χ1v) is 4.21. The largest absolute Gasteiger partial charge is 0.494 e. The van der Waals surface area contributed by atoms with E-state index in [0.29, 0.717) is 21.2 Å². The molecule has 0 spiro atoms. The van der Waals surface area contributed by atoms with Crippen molar-refractivity contribution in [3.05, 3.63) is 22.6 Å². The Labute approximate surface area is 80.8 Å². The molecule has 0 aliphatic heterocycles. The number of fused-ring (bicyclic) bond motifs is 1. The molecule has 0 amide bonds. The molecule has 0 aliphatic rings. The maximum atomic E-state index is 9.72. The molecule has 3 nitrogen and oxygen atoms in total. The monoisotopic (exact) mass is 189 g/mol. The highest BCUT2D eigenvalue weighted by atomic mass is 16.3. The second-order valence-electron chi connectivity index (χ2n) is 3.34.